The van der Waals surface area contributed by atoms with Crippen molar-refractivity contribution in [3.05, 3.63) is 23.8 Å². The molecule has 0 unspecified atom stereocenters. The van der Waals surface area contributed by atoms with E-state index < -0.39 is 15.6 Å². The van der Waals surface area contributed by atoms with Crippen LogP contribution < -0.4 is 4.74 Å². The average Bonchev–Trinajstić information content (AvgIpc) is 2.70. The van der Waals surface area contributed by atoms with Crippen molar-refractivity contribution in [3.8, 4) is 5.75 Å². The van der Waals surface area contributed by atoms with E-state index in [1.165, 1.54) is 11.4 Å². The lowest BCUT2D eigenvalue weighted by molar-refractivity contribution is -0.0244. The summed E-state index contributed by atoms with van der Waals surface area (Å²) in [5.41, 5.74) is -0.359. The van der Waals surface area contributed by atoms with Crippen LogP contribution in [0.3, 0.4) is 0 Å². The van der Waals surface area contributed by atoms with E-state index in [9.17, 15) is 18.6 Å². The van der Waals surface area contributed by atoms with E-state index in [1.54, 1.807) is 18.2 Å². The van der Waals surface area contributed by atoms with Crippen LogP contribution in [0, 0.1) is 6.92 Å². The monoisotopic (exact) mass is 329 g/mol. The van der Waals surface area contributed by atoms with Gasteiger partial charge >= 0.3 is 0 Å². The summed E-state index contributed by atoms with van der Waals surface area (Å²) in [4.78, 5) is 0.143. The largest absolute Gasteiger partial charge is 0.495 e. The topological polar surface area (TPSA) is 87.1 Å². The molecule has 1 saturated heterocycles. The third-order valence-electron chi connectivity index (χ3n) is 4.11. The molecule has 0 saturated carbocycles. The molecule has 1 aliphatic heterocycles. The van der Waals surface area contributed by atoms with Crippen molar-refractivity contribution in [2.45, 2.75) is 36.7 Å². The van der Waals surface area contributed by atoms with Crippen LogP contribution in [0.1, 0.15) is 24.8 Å². The molecular weight excluding hydrogens is 306 g/mol. The van der Waals surface area contributed by atoms with Crippen LogP contribution in [0.15, 0.2) is 23.1 Å². The zero-order valence-corrected chi connectivity index (χ0v) is 13.8. The number of sulfonamides is 1. The second kappa shape index (κ2) is 6.54. The van der Waals surface area contributed by atoms with E-state index in [0.717, 1.165) is 5.56 Å². The molecule has 0 aliphatic carbocycles. The summed E-state index contributed by atoms with van der Waals surface area (Å²) in [5, 5.41) is 19.4. The Morgan fingerprint density at radius 2 is 2.05 bits per heavy atom. The number of rotatable bonds is 4. The fourth-order valence-corrected chi connectivity index (χ4v) is 4.40. The minimum atomic E-state index is -3.69. The van der Waals surface area contributed by atoms with E-state index in [0.29, 0.717) is 25.1 Å². The van der Waals surface area contributed by atoms with E-state index in [4.69, 9.17) is 4.74 Å². The van der Waals surface area contributed by atoms with Crippen molar-refractivity contribution >= 4 is 10.0 Å². The van der Waals surface area contributed by atoms with Crippen LogP contribution in [0.4, 0.5) is 0 Å². The van der Waals surface area contributed by atoms with Gasteiger partial charge in [0, 0.05) is 13.1 Å². The van der Waals surface area contributed by atoms with Gasteiger partial charge < -0.3 is 14.9 Å². The van der Waals surface area contributed by atoms with Crippen LogP contribution >= 0.6 is 0 Å². The highest BCUT2D eigenvalue weighted by Crippen LogP contribution is 2.30. The van der Waals surface area contributed by atoms with Gasteiger partial charge in [-0.1, -0.05) is 6.07 Å². The quantitative estimate of drug-likeness (QED) is 0.857. The summed E-state index contributed by atoms with van der Waals surface area (Å²) in [7, 11) is -2.25. The van der Waals surface area contributed by atoms with Crippen LogP contribution in [-0.4, -0.2) is 55.3 Å². The van der Waals surface area contributed by atoms with Gasteiger partial charge in [-0.2, -0.15) is 4.31 Å². The van der Waals surface area contributed by atoms with E-state index >= 15 is 0 Å². The Bertz CT molecular complexity index is 631. The molecule has 0 amide bonds. The summed E-state index contributed by atoms with van der Waals surface area (Å²) in [5.74, 6) is 0.312. The Kier molecular flexibility index (Phi) is 5.11. The predicted octanol–water partition coefficient (Wildman–Crippen LogP) is 0.902. The number of hydrogen-bond donors (Lipinski definition) is 2. The smallest absolute Gasteiger partial charge is 0.246 e. The Morgan fingerprint density at radius 1 is 1.32 bits per heavy atom. The highest BCUT2D eigenvalue weighted by atomic mass is 32.2. The Morgan fingerprint density at radius 3 is 2.68 bits per heavy atom. The highest BCUT2D eigenvalue weighted by Gasteiger charge is 2.35. The van der Waals surface area contributed by atoms with Gasteiger partial charge in [0.05, 0.1) is 19.3 Å². The molecule has 0 aromatic heterocycles. The summed E-state index contributed by atoms with van der Waals surface area (Å²) >= 11 is 0. The molecule has 1 heterocycles. The van der Waals surface area contributed by atoms with E-state index in [1.807, 2.05) is 6.92 Å². The lowest BCUT2D eigenvalue weighted by Gasteiger charge is -2.24. The van der Waals surface area contributed by atoms with Crippen LogP contribution in [-0.2, 0) is 10.0 Å². The van der Waals surface area contributed by atoms with Gasteiger partial charge in [-0.15, -0.1) is 0 Å². The molecule has 2 rings (SSSR count). The van der Waals surface area contributed by atoms with Crippen LogP contribution in [0.2, 0.25) is 0 Å². The minimum absolute atomic E-state index is 0.143. The van der Waals surface area contributed by atoms with Crippen molar-refractivity contribution in [2.24, 2.45) is 0 Å². The summed E-state index contributed by atoms with van der Waals surface area (Å²) < 4.78 is 32.3. The molecule has 22 heavy (non-hydrogen) atoms. The third-order valence-corrected chi connectivity index (χ3v) is 6.03. The first-order valence-electron chi connectivity index (χ1n) is 7.30. The van der Waals surface area contributed by atoms with Crippen molar-refractivity contribution < 1.29 is 23.4 Å². The minimum Gasteiger partial charge on any atom is -0.495 e. The number of ether oxygens (including phenoxy) is 1. The molecule has 1 aliphatic rings. The number of aryl methyl sites for hydroxylation is 1. The second-order valence-corrected chi connectivity index (χ2v) is 7.70. The zero-order chi connectivity index (χ0) is 16.4. The first kappa shape index (κ1) is 17.2. The molecule has 7 heteroatoms. The number of aliphatic hydroxyl groups is 2. The first-order valence-corrected chi connectivity index (χ1v) is 8.74. The van der Waals surface area contributed by atoms with Gasteiger partial charge in [0.15, 0.2) is 0 Å². The number of benzene rings is 1. The fraction of sp³-hybridized carbons (Fsp3) is 0.600. The molecule has 1 aromatic rings. The Balaban J connectivity index is 2.33. The van der Waals surface area contributed by atoms with Crippen molar-refractivity contribution in [1.29, 1.82) is 0 Å². The molecule has 1 aromatic carbocycles. The molecule has 0 spiro atoms. The second-order valence-electron chi connectivity index (χ2n) is 5.79. The lowest BCUT2D eigenvalue weighted by Crippen LogP contribution is -2.36. The number of hydrogen-bond acceptors (Lipinski definition) is 5. The van der Waals surface area contributed by atoms with Crippen molar-refractivity contribution in [1.82, 2.24) is 4.31 Å². The molecule has 0 radical (unpaired) electrons. The molecule has 1 fully saturated rings. The summed E-state index contributed by atoms with van der Waals surface area (Å²) in [6.45, 7) is 1.97. The SMILES string of the molecule is COc1ccc(C)cc1S(=O)(=O)N1CCC[C@@](O)(CO)CC1. The first-order chi connectivity index (χ1) is 10.3. The van der Waals surface area contributed by atoms with Gasteiger partial charge in [-0.05, 0) is 43.9 Å². The molecule has 2 N–H and O–H groups in total. The fourth-order valence-electron chi connectivity index (χ4n) is 2.68. The molecule has 1 atom stereocenters. The van der Waals surface area contributed by atoms with E-state index in [2.05, 4.69) is 0 Å². The van der Waals surface area contributed by atoms with Crippen molar-refractivity contribution in [2.75, 3.05) is 26.8 Å². The van der Waals surface area contributed by atoms with Gasteiger partial charge in [0.2, 0.25) is 10.0 Å². The third kappa shape index (κ3) is 3.43. The van der Waals surface area contributed by atoms with Crippen molar-refractivity contribution in [3.63, 3.8) is 0 Å². The van der Waals surface area contributed by atoms with Gasteiger partial charge in [0.25, 0.3) is 0 Å². The molecule has 124 valence electrons. The lowest BCUT2D eigenvalue weighted by atomic mass is 9.96. The number of methoxy groups -OCH3 is 1. The van der Waals surface area contributed by atoms with Gasteiger partial charge in [-0.3, -0.25) is 0 Å². The Labute approximate surface area is 131 Å². The molecule has 0 bridgehead atoms. The van der Waals surface area contributed by atoms with Gasteiger partial charge in [0.1, 0.15) is 10.6 Å². The van der Waals surface area contributed by atoms with Crippen LogP contribution in [0.25, 0.3) is 0 Å². The number of aliphatic hydroxyl groups excluding tert-OH is 1. The number of nitrogens with zero attached hydrogens (tertiary/aromatic N) is 1. The normalized spacial score (nSPS) is 24.0. The summed E-state index contributed by atoms with van der Waals surface area (Å²) in [6, 6.07) is 5.03. The standard InChI is InChI=1S/C15H23NO5S/c1-12-4-5-13(21-2)14(10-12)22(19,20)16-8-3-6-15(18,11-17)7-9-16/h4-5,10,17-18H,3,6-9,11H2,1-2H3/t15-/m0/s1. The predicted molar refractivity (Wildman–Crippen MR) is 82.4 cm³/mol. The highest BCUT2D eigenvalue weighted by molar-refractivity contribution is 7.89. The molecule has 6 nitrogen and oxygen atoms in total. The molecular formula is C15H23NO5S. The Hall–Kier alpha value is -1.15. The summed E-state index contributed by atoms with van der Waals surface area (Å²) in [6.07, 6.45) is 1.11. The zero-order valence-electron chi connectivity index (χ0n) is 12.9. The van der Waals surface area contributed by atoms with E-state index in [-0.39, 0.29) is 24.5 Å². The van der Waals surface area contributed by atoms with Crippen LogP contribution in [0.5, 0.6) is 5.75 Å². The average molecular weight is 329 g/mol. The maximum absolute atomic E-state index is 12.9. The maximum Gasteiger partial charge on any atom is 0.246 e. The maximum atomic E-state index is 12.9. The van der Waals surface area contributed by atoms with Gasteiger partial charge in [-0.25, -0.2) is 8.42 Å².